The number of nitrogens with zero attached hydrogens (tertiary/aromatic N) is 1. The van der Waals surface area contributed by atoms with E-state index in [2.05, 4.69) is 0 Å². The van der Waals surface area contributed by atoms with Crippen LogP contribution < -0.4 is 4.74 Å². The maximum Gasteiger partial charge on any atom is 0.313 e. The van der Waals surface area contributed by atoms with Gasteiger partial charge < -0.3 is 9.84 Å². The SMILES string of the molecule is CN(O)C(=O)C(=O)CC(O)c1ccc(OCc2ccccc2)cc1. The molecule has 1 amide bonds. The van der Waals surface area contributed by atoms with Crippen LogP contribution in [0.5, 0.6) is 5.75 Å². The van der Waals surface area contributed by atoms with E-state index in [0.29, 0.717) is 17.9 Å². The molecular formula is C18H19NO5. The third-order valence-electron chi connectivity index (χ3n) is 3.42. The summed E-state index contributed by atoms with van der Waals surface area (Å²) >= 11 is 0. The van der Waals surface area contributed by atoms with Crippen LogP contribution in [0.25, 0.3) is 0 Å². The number of rotatable bonds is 7. The quantitative estimate of drug-likeness (QED) is 0.461. The van der Waals surface area contributed by atoms with Crippen molar-refractivity contribution in [3.63, 3.8) is 0 Å². The van der Waals surface area contributed by atoms with Crippen molar-refractivity contribution in [2.75, 3.05) is 7.05 Å². The lowest BCUT2D eigenvalue weighted by molar-refractivity contribution is -0.166. The Morgan fingerprint density at radius 2 is 1.71 bits per heavy atom. The smallest absolute Gasteiger partial charge is 0.313 e. The van der Waals surface area contributed by atoms with Crippen LogP contribution in [0.2, 0.25) is 0 Å². The molecule has 0 radical (unpaired) electrons. The van der Waals surface area contributed by atoms with Crippen LogP contribution in [-0.2, 0) is 16.2 Å². The number of ketones is 1. The molecule has 126 valence electrons. The Morgan fingerprint density at radius 1 is 1.08 bits per heavy atom. The molecule has 0 aliphatic heterocycles. The monoisotopic (exact) mass is 329 g/mol. The molecule has 0 bridgehead atoms. The lowest BCUT2D eigenvalue weighted by atomic mass is 10.0. The maximum absolute atomic E-state index is 11.6. The number of Topliss-reactive ketones (excluding diaryl/α,β-unsaturated/α-hetero) is 1. The molecule has 24 heavy (non-hydrogen) atoms. The number of hydrogen-bond acceptors (Lipinski definition) is 5. The highest BCUT2D eigenvalue weighted by atomic mass is 16.5. The zero-order valence-corrected chi connectivity index (χ0v) is 13.3. The average molecular weight is 329 g/mol. The summed E-state index contributed by atoms with van der Waals surface area (Å²) in [5.74, 6) is -1.29. The zero-order valence-electron chi connectivity index (χ0n) is 13.3. The van der Waals surface area contributed by atoms with E-state index in [-0.39, 0.29) is 5.06 Å². The lowest BCUT2D eigenvalue weighted by Crippen LogP contribution is -2.31. The lowest BCUT2D eigenvalue weighted by Gasteiger charge is -2.13. The van der Waals surface area contributed by atoms with Gasteiger partial charge in [0.05, 0.1) is 6.10 Å². The van der Waals surface area contributed by atoms with Gasteiger partial charge in [0, 0.05) is 13.5 Å². The van der Waals surface area contributed by atoms with Gasteiger partial charge in [-0.2, -0.15) is 0 Å². The molecular weight excluding hydrogens is 310 g/mol. The van der Waals surface area contributed by atoms with E-state index in [4.69, 9.17) is 9.94 Å². The first kappa shape index (κ1) is 17.7. The van der Waals surface area contributed by atoms with E-state index in [1.54, 1.807) is 24.3 Å². The second-order valence-electron chi connectivity index (χ2n) is 5.32. The summed E-state index contributed by atoms with van der Waals surface area (Å²) < 4.78 is 5.64. The van der Waals surface area contributed by atoms with Crippen molar-refractivity contribution in [1.29, 1.82) is 0 Å². The number of ether oxygens (including phenoxy) is 1. The maximum atomic E-state index is 11.6. The molecule has 0 aliphatic carbocycles. The van der Waals surface area contributed by atoms with Crippen molar-refractivity contribution in [2.24, 2.45) is 0 Å². The fourth-order valence-electron chi connectivity index (χ4n) is 2.09. The first-order valence-electron chi connectivity index (χ1n) is 7.42. The number of hydrogen-bond donors (Lipinski definition) is 2. The van der Waals surface area contributed by atoms with Crippen LogP contribution in [0.15, 0.2) is 54.6 Å². The van der Waals surface area contributed by atoms with E-state index < -0.39 is 24.2 Å². The molecule has 2 aromatic carbocycles. The van der Waals surface area contributed by atoms with E-state index >= 15 is 0 Å². The molecule has 0 spiro atoms. The molecule has 0 saturated heterocycles. The minimum Gasteiger partial charge on any atom is -0.489 e. The standard InChI is InChI=1S/C18H19NO5/c1-19(23)18(22)17(21)11-16(20)14-7-9-15(10-8-14)24-12-13-5-3-2-4-6-13/h2-10,16,20,23H,11-12H2,1H3. The fourth-order valence-corrected chi connectivity index (χ4v) is 2.09. The Balaban J connectivity index is 1.91. The number of hydroxylamine groups is 2. The first-order chi connectivity index (χ1) is 11.5. The van der Waals surface area contributed by atoms with Gasteiger partial charge in [-0.25, -0.2) is 5.06 Å². The van der Waals surface area contributed by atoms with Gasteiger partial charge in [0.15, 0.2) is 0 Å². The number of benzene rings is 2. The van der Waals surface area contributed by atoms with Crippen molar-refractivity contribution in [3.8, 4) is 5.75 Å². The fraction of sp³-hybridized carbons (Fsp3) is 0.222. The van der Waals surface area contributed by atoms with Gasteiger partial charge >= 0.3 is 5.91 Å². The minimum absolute atomic E-state index is 0.204. The van der Waals surface area contributed by atoms with Crippen molar-refractivity contribution in [3.05, 3.63) is 65.7 Å². The second-order valence-corrected chi connectivity index (χ2v) is 5.32. The summed E-state index contributed by atoms with van der Waals surface area (Å²) in [6, 6.07) is 16.3. The number of carbonyl (C=O) groups excluding carboxylic acids is 2. The van der Waals surface area contributed by atoms with Crippen LogP contribution >= 0.6 is 0 Å². The summed E-state index contributed by atoms with van der Waals surface area (Å²) in [4.78, 5) is 22.8. The van der Waals surface area contributed by atoms with Gasteiger partial charge in [-0.05, 0) is 23.3 Å². The normalized spacial score (nSPS) is 11.6. The van der Waals surface area contributed by atoms with E-state index in [1.807, 2.05) is 30.3 Å². The number of likely N-dealkylation sites (N-methyl/N-ethyl adjacent to an activating group) is 1. The van der Waals surface area contributed by atoms with Crippen LogP contribution in [-0.4, -0.2) is 34.1 Å². The molecule has 2 N–H and O–H groups in total. The summed E-state index contributed by atoms with van der Waals surface area (Å²) in [5.41, 5.74) is 1.53. The number of carbonyl (C=O) groups is 2. The van der Waals surface area contributed by atoms with Crippen LogP contribution in [0.1, 0.15) is 23.7 Å². The Labute approximate surface area is 139 Å². The molecule has 0 saturated carbocycles. The van der Waals surface area contributed by atoms with Crippen LogP contribution in [0.4, 0.5) is 0 Å². The highest BCUT2D eigenvalue weighted by Crippen LogP contribution is 2.21. The van der Waals surface area contributed by atoms with Crippen molar-refractivity contribution < 1.29 is 24.6 Å². The molecule has 2 rings (SSSR count). The Morgan fingerprint density at radius 3 is 2.29 bits per heavy atom. The predicted octanol–water partition coefficient (Wildman–Crippen LogP) is 2.11. The van der Waals surface area contributed by atoms with Crippen molar-refractivity contribution in [2.45, 2.75) is 19.1 Å². The third kappa shape index (κ3) is 4.91. The number of aliphatic hydroxyl groups excluding tert-OH is 1. The van der Waals surface area contributed by atoms with Crippen LogP contribution in [0.3, 0.4) is 0 Å². The average Bonchev–Trinajstić information content (AvgIpc) is 2.60. The summed E-state index contributed by atoms with van der Waals surface area (Å²) in [6.45, 7) is 0.429. The minimum atomic E-state index is -1.12. The molecule has 1 unspecified atom stereocenters. The molecule has 6 heteroatoms. The van der Waals surface area contributed by atoms with Gasteiger partial charge in [-0.3, -0.25) is 14.8 Å². The predicted molar refractivity (Wildman–Crippen MR) is 86.4 cm³/mol. The van der Waals surface area contributed by atoms with E-state index in [9.17, 15) is 14.7 Å². The topological polar surface area (TPSA) is 87.1 Å². The third-order valence-corrected chi connectivity index (χ3v) is 3.42. The van der Waals surface area contributed by atoms with Gasteiger partial charge in [0.2, 0.25) is 5.78 Å². The molecule has 0 heterocycles. The Hall–Kier alpha value is -2.70. The van der Waals surface area contributed by atoms with Crippen LogP contribution in [0, 0.1) is 0 Å². The van der Waals surface area contributed by atoms with Gasteiger partial charge in [0.1, 0.15) is 12.4 Å². The van der Waals surface area contributed by atoms with E-state index in [0.717, 1.165) is 12.6 Å². The summed E-state index contributed by atoms with van der Waals surface area (Å²) in [7, 11) is 1.06. The Kier molecular flexibility index (Phi) is 6.06. The first-order valence-corrected chi connectivity index (χ1v) is 7.42. The number of amides is 1. The van der Waals surface area contributed by atoms with Gasteiger partial charge in [-0.1, -0.05) is 42.5 Å². The summed E-state index contributed by atoms with van der Waals surface area (Å²) in [6.07, 6.45) is -1.52. The molecule has 0 aromatic heterocycles. The molecule has 2 aromatic rings. The zero-order chi connectivity index (χ0) is 17.5. The van der Waals surface area contributed by atoms with Gasteiger partial charge in [0.25, 0.3) is 0 Å². The van der Waals surface area contributed by atoms with Gasteiger partial charge in [-0.15, -0.1) is 0 Å². The summed E-state index contributed by atoms with van der Waals surface area (Å²) in [5, 5.41) is 19.1. The molecule has 1 atom stereocenters. The number of aliphatic hydroxyl groups is 1. The molecule has 6 nitrogen and oxygen atoms in total. The molecule has 0 aliphatic rings. The Bertz CT molecular complexity index is 682. The van der Waals surface area contributed by atoms with Crippen molar-refractivity contribution >= 4 is 11.7 Å². The highest BCUT2D eigenvalue weighted by molar-refractivity contribution is 6.35. The molecule has 0 fully saturated rings. The van der Waals surface area contributed by atoms with Crippen molar-refractivity contribution in [1.82, 2.24) is 5.06 Å². The van der Waals surface area contributed by atoms with E-state index in [1.165, 1.54) is 0 Å². The highest BCUT2D eigenvalue weighted by Gasteiger charge is 2.21. The largest absolute Gasteiger partial charge is 0.489 e. The second kappa shape index (κ2) is 8.24.